The second-order valence-electron chi connectivity index (χ2n) is 5.75. The van der Waals surface area contributed by atoms with Crippen LogP contribution in [-0.2, 0) is 4.74 Å². The Morgan fingerprint density at radius 1 is 1.30 bits per heavy atom. The van der Waals surface area contributed by atoms with E-state index in [2.05, 4.69) is 10.3 Å². The summed E-state index contributed by atoms with van der Waals surface area (Å²) < 4.78 is 41.8. The summed E-state index contributed by atoms with van der Waals surface area (Å²) in [5.74, 6) is 1.48. The quantitative estimate of drug-likeness (QED) is 0.239. The van der Waals surface area contributed by atoms with E-state index in [0.717, 1.165) is 31.6 Å². The largest absolute Gasteiger partial charge is 0.389 e. The van der Waals surface area contributed by atoms with Crippen LogP contribution in [0.1, 0.15) is 39.0 Å². The lowest BCUT2D eigenvalue weighted by Crippen LogP contribution is -2.40. The predicted octanol–water partition coefficient (Wildman–Crippen LogP) is 3.66. The zero-order valence-corrected chi connectivity index (χ0v) is 16.3. The third-order valence-electron chi connectivity index (χ3n) is 3.45. The lowest BCUT2D eigenvalue weighted by atomic mass is 10.2. The fourth-order valence-corrected chi connectivity index (χ4v) is 1.93. The van der Waals surface area contributed by atoms with Gasteiger partial charge in [-0.3, -0.25) is 4.99 Å². The summed E-state index contributed by atoms with van der Waals surface area (Å²) in [6.07, 6.45) is -1.68. The van der Waals surface area contributed by atoms with E-state index in [-0.39, 0.29) is 30.4 Å². The van der Waals surface area contributed by atoms with E-state index in [1.165, 1.54) is 12.8 Å². The normalized spacial score (nSPS) is 15.3. The minimum absolute atomic E-state index is 0. The van der Waals surface area contributed by atoms with E-state index in [4.69, 9.17) is 4.74 Å². The molecule has 1 fully saturated rings. The maximum Gasteiger partial charge on any atom is 0.389 e. The van der Waals surface area contributed by atoms with Gasteiger partial charge in [0.15, 0.2) is 5.96 Å². The van der Waals surface area contributed by atoms with Crippen molar-refractivity contribution >= 4 is 29.9 Å². The third-order valence-corrected chi connectivity index (χ3v) is 3.45. The first-order valence-electron chi connectivity index (χ1n) is 8.06. The minimum atomic E-state index is -4.07. The molecule has 4 nitrogen and oxygen atoms in total. The molecule has 8 heteroatoms. The maximum atomic E-state index is 12.1. The molecule has 0 radical (unpaired) electrons. The predicted molar refractivity (Wildman–Crippen MR) is 97.5 cm³/mol. The molecule has 0 aromatic rings. The lowest BCUT2D eigenvalue weighted by molar-refractivity contribution is -0.135. The molecule has 0 heterocycles. The van der Waals surface area contributed by atoms with E-state index in [9.17, 15) is 13.2 Å². The first-order valence-corrected chi connectivity index (χ1v) is 8.06. The highest BCUT2D eigenvalue weighted by Gasteiger charge is 2.25. The molecular formula is C15H29F3IN3O. The van der Waals surface area contributed by atoms with Crippen LogP contribution in [-0.4, -0.2) is 56.9 Å². The van der Waals surface area contributed by atoms with Gasteiger partial charge in [0.2, 0.25) is 0 Å². The Balaban J connectivity index is 0.00000484. The second kappa shape index (κ2) is 12.2. The number of unbranched alkanes of at least 4 members (excludes halogenated alkanes) is 1. The van der Waals surface area contributed by atoms with Gasteiger partial charge in [0.25, 0.3) is 0 Å². The van der Waals surface area contributed by atoms with Gasteiger partial charge < -0.3 is 15.0 Å². The Labute approximate surface area is 154 Å². The van der Waals surface area contributed by atoms with Gasteiger partial charge in [-0.2, -0.15) is 13.2 Å². The van der Waals surface area contributed by atoms with E-state index in [0.29, 0.717) is 19.6 Å². The summed E-state index contributed by atoms with van der Waals surface area (Å²) in [5, 5.41) is 3.15. The number of guanidine groups is 1. The fraction of sp³-hybridized carbons (Fsp3) is 0.933. The number of halogens is 4. The van der Waals surface area contributed by atoms with Crippen molar-refractivity contribution in [3.05, 3.63) is 0 Å². The van der Waals surface area contributed by atoms with Crippen molar-refractivity contribution in [2.45, 2.75) is 45.2 Å². The summed E-state index contributed by atoms with van der Waals surface area (Å²) >= 11 is 0. The van der Waals surface area contributed by atoms with Crippen LogP contribution in [0.3, 0.4) is 0 Å². The van der Waals surface area contributed by atoms with Crippen molar-refractivity contribution in [3.8, 4) is 0 Å². The van der Waals surface area contributed by atoms with Crippen LogP contribution in [0, 0.1) is 5.92 Å². The highest BCUT2D eigenvalue weighted by molar-refractivity contribution is 14.0. The molecule has 0 aliphatic heterocycles. The highest BCUT2D eigenvalue weighted by atomic mass is 127. The van der Waals surface area contributed by atoms with Crippen molar-refractivity contribution in [1.82, 2.24) is 10.2 Å². The van der Waals surface area contributed by atoms with Crippen molar-refractivity contribution < 1.29 is 17.9 Å². The number of alkyl halides is 3. The highest BCUT2D eigenvalue weighted by Crippen LogP contribution is 2.28. The molecule has 1 rings (SSSR count). The Morgan fingerprint density at radius 3 is 2.57 bits per heavy atom. The zero-order chi connectivity index (χ0) is 16.4. The number of likely N-dealkylation sites (N-methyl/N-ethyl adjacent to an activating group) is 1. The van der Waals surface area contributed by atoms with Crippen molar-refractivity contribution in [1.29, 1.82) is 0 Å². The molecular weight excluding hydrogens is 422 g/mol. The number of hydrogen-bond donors (Lipinski definition) is 1. The van der Waals surface area contributed by atoms with Crippen molar-refractivity contribution in [2.24, 2.45) is 10.9 Å². The van der Waals surface area contributed by atoms with Gasteiger partial charge >= 0.3 is 6.18 Å². The van der Waals surface area contributed by atoms with E-state index < -0.39 is 12.6 Å². The van der Waals surface area contributed by atoms with Gasteiger partial charge in [0, 0.05) is 39.7 Å². The first-order chi connectivity index (χ1) is 10.4. The van der Waals surface area contributed by atoms with E-state index in [1.54, 1.807) is 0 Å². The molecule has 1 aliphatic carbocycles. The molecule has 0 aromatic carbocycles. The van der Waals surface area contributed by atoms with Crippen LogP contribution < -0.4 is 5.32 Å². The zero-order valence-electron chi connectivity index (χ0n) is 14.0. The first kappa shape index (κ1) is 22.8. The summed E-state index contributed by atoms with van der Waals surface area (Å²) in [6.45, 7) is 5.31. The number of nitrogens with zero attached hydrogens (tertiary/aromatic N) is 2. The van der Waals surface area contributed by atoms with Crippen LogP contribution in [0.25, 0.3) is 0 Å². The maximum absolute atomic E-state index is 12.1. The van der Waals surface area contributed by atoms with Crippen LogP contribution in [0.5, 0.6) is 0 Å². The third kappa shape index (κ3) is 12.8. The molecule has 0 aromatic heterocycles. The standard InChI is InChI=1S/C15H28F3N3O.HI/c1-3-19-14(20-9-5-4-8-15(16,17)18)21(2)10-11-22-12-13-6-7-13;/h13H,3-12H2,1-2H3,(H,19,20);1H. The van der Waals surface area contributed by atoms with Crippen LogP contribution >= 0.6 is 24.0 Å². The van der Waals surface area contributed by atoms with Gasteiger partial charge in [0.05, 0.1) is 6.61 Å². The molecule has 0 atom stereocenters. The molecule has 1 aliphatic rings. The van der Waals surface area contributed by atoms with Crippen molar-refractivity contribution in [2.75, 3.05) is 39.9 Å². The van der Waals surface area contributed by atoms with Gasteiger partial charge in [-0.15, -0.1) is 24.0 Å². The molecule has 138 valence electrons. The molecule has 23 heavy (non-hydrogen) atoms. The summed E-state index contributed by atoms with van der Waals surface area (Å²) in [4.78, 5) is 6.33. The molecule has 0 spiro atoms. The lowest BCUT2D eigenvalue weighted by Gasteiger charge is -2.22. The minimum Gasteiger partial charge on any atom is -0.379 e. The molecule has 1 saturated carbocycles. The Bertz CT molecular complexity index is 336. The van der Waals surface area contributed by atoms with Gasteiger partial charge in [0.1, 0.15) is 0 Å². The Kier molecular flexibility index (Phi) is 12.0. The Morgan fingerprint density at radius 2 is 2.00 bits per heavy atom. The molecule has 1 N–H and O–H groups in total. The number of hydrogen-bond acceptors (Lipinski definition) is 2. The molecule has 0 bridgehead atoms. The van der Waals surface area contributed by atoms with Crippen LogP contribution in [0.4, 0.5) is 13.2 Å². The summed E-state index contributed by atoms with van der Waals surface area (Å²) in [7, 11) is 1.91. The molecule has 0 unspecified atom stereocenters. The van der Waals surface area contributed by atoms with E-state index in [1.807, 2.05) is 18.9 Å². The van der Waals surface area contributed by atoms with Gasteiger partial charge in [-0.05, 0) is 38.5 Å². The summed E-state index contributed by atoms with van der Waals surface area (Å²) in [5.41, 5.74) is 0. The Hall–Kier alpha value is -0.250. The fourth-order valence-electron chi connectivity index (χ4n) is 1.93. The monoisotopic (exact) mass is 451 g/mol. The van der Waals surface area contributed by atoms with Gasteiger partial charge in [-0.25, -0.2) is 0 Å². The average molecular weight is 451 g/mol. The smallest absolute Gasteiger partial charge is 0.379 e. The number of ether oxygens (including phenoxy) is 1. The SMILES string of the molecule is CCNC(=NCCCCC(F)(F)F)N(C)CCOCC1CC1.I. The molecule has 0 amide bonds. The van der Waals surface area contributed by atoms with Crippen LogP contribution in [0.2, 0.25) is 0 Å². The van der Waals surface area contributed by atoms with Gasteiger partial charge in [-0.1, -0.05) is 0 Å². The number of nitrogens with one attached hydrogen (secondary N) is 1. The average Bonchev–Trinajstić information content (AvgIpc) is 3.24. The van der Waals surface area contributed by atoms with Crippen molar-refractivity contribution in [3.63, 3.8) is 0 Å². The number of aliphatic imine (C=N–C) groups is 1. The second-order valence-corrected chi connectivity index (χ2v) is 5.75. The number of rotatable bonds is 10. The topological polar surface area (TPSA) is 36.9 Å². The van der Waals surface area contributed by atoms with Crippen LogP contribution in [0.15, 0.2) is 4.99 Å². The van der Waals surface area contributed by atoms with E-state index >= 15 is 0 Å². The summed E-state index contributed by atoms with van der Waals surface area (Å²) in [6, 6.07) is 0. The molecule has 0 saturated heterocycles.